The van der Waals surface area contributed by atoms with E-state index in [2.05, 4.69) is 0 Å². The van der Waals surface area contributed by atoms with Crippen molar-refractivity contribution in [2.75, 3.05) is 6.61 Å². The molecule has 0 bridgehead atoms. The van der Waals surface area contributed by atoms with E-state index < -0.39 is 61.4 Å². The molecule has 0 amide bonds. The first-order valence-corrected chi connectivity index (χ1v) is 10.6. The van der Waals surface area contributed by atoms with Crippen molar-refractivity contribution in [3.63, 3.8) is 0 Å². The number of aromatic nitrogens is 2. The van der Waals surface area contributed by atoms with Crippen LogP contribution in [-0.2, 0) is 23.8 Å². The number of aliphatic hydroxyl groups is 1. The zero-order valence-electron chi connectivity index (χ0n) is 15.3. The number of H-pyrrole nitrogens is 1. The van der Waals surface area contributed by atoms with E-state index >= 15 is 0 Å². The van der Waals surface area contributed by atoms with E-state index in [0.29, 0.717) is 0 Å². The van der Waals surface area contributed by atoms with Gasteiger partial charge in [0.2, 0.25) is 0 Å². The van der Waals surface area contributed by atoms with Crippen molar-refractivity contribution in [1.82, 2.24) is 9.55 Å². The van der Waals surface area contributed by atoms with Gasteiger partial charge >= 0.3 is 17.6 Å². The third kappa shape index (κ3) is 6.00. The number of carbonyl (C=O) groups is 2. The van der Waals surface area contributed by atoms with Crippen molar-refractivity contribution in [3.05, 3.63) is 33.1 Å². The molecule has 2 rings (SSSR count). The Hall–Kier alpha value is -0.720. The molecule has 1 aromatic rings. The number of carbonyl (C=O) groups excluding carboxylic acids is 2. The lowest BCUT2D eigenvalue weighted by atomic mass is 9.91. The van der Waals surface area contributed by atoms with Crippen molar-refractivity contribution in [3.8, 4) is 0 Å². The maximum absolute atomic E-state index is 12.2. The number of rotatable bonds is 5. The van der Waals surface area contributed by atoms with Crippen molar-refractivity contribution >= 4 is 81.5 Å². The van der Waals surface area contributed by atoms with Gasteiger partial charge in [-0.15, -0.1) is 0 Å². The van der Waals surface area contributed by atoms with Gasteiger partial charge in [-0.2, -0.15) is 0 Å². The fraction of sp³-hybridized carbons (Fsp3) is 0.600. The number of hydrogen-bond donors (Lipinski definition) is 2. The third-order valence-electron chi connectivity index (χ3n) is 4.31. The summed E-state index contributed by atoms with van der Waals surface area (Å²) in [5.74, 6) is -2.65. The van der Waals surface area contributed by atoms with Crippen molar-refractivity contribution < 1.29 is 28.9 Å². The Morgan fingerprint density at radius 2 is 1.77 bits per heavy atom. The predicted molar refractivity (Wildman–Crippen MR) is 112 cm³/mol. The molecule has 0 aromatic carbocycles. The molecule has 16 heteroatoms. The Bertz CT molecular complexity index is 954. The van der Waals surface area contributed by atoms with Gasteiger partial charge in [-0.3, -0.25) is 14.3 Å². The van der Waals surface area contributed by atoms with Gasteiger partial charge in [-0.1, -0.05) is 76.5 Å². The van der Waals surface area contributed by atoms with E-state index in [-0.39, 0.29) is 6.42 Å². The van der Waals surface area contributed by atoms with Gasteiger partial charge in [0.05, 0.1) is 0 Å². The summed E-state index contributed by atoms with van der Waals surface area (Å²) in [6.07, 6.45) is -3.60. The number of halogens is 6. The number of alkyl halides is 6. The molecule has 2 N–H and O–H groups in total. The lowest BCUT2D eigenvalue weighted by Gasteiger charge is -2.33. The summed E-state index contributed by atoms with van der Waals surface area (Å²) in [5, 5.41) is 11.3. The molecule has 1 saturated heterocycles. The van der Waals surface area contributed by atoms with E-state index in [1.54, 1.807) is 0 Å². The molecule has 0 spiro atoms. The summed E-state index contributed by atoms with van der Waals surface area (Å²) in [5.41, 5.74) is -3.73. The fourth-order valence-corrected chi connectivity index (χ4v) is 3.14. The maximum Gasteiger partial charge on any atom is 0.359 e. The van der Waals surface area contributed by atoms with Gasteiger partial charge in [0, 0.05) is 12.3 Å². The van der Waals surface area contributed by atoms with Gasteiger partial charge in [0.1, 0.15) is 18.3 Å². The molecule has 10 nitrogen and oxygen atoms in total. The molecule has 0 aliphatic carbocycles. The van der Waals surface area contributed by atoms with Gasteiger partial charge < -0.3 is 19.3 Å². The average Bonchev–Trinajstić information content (AvgIpc) is 2.91. The van der Waals surface area contributed by atoms with Crippen molar-refractivity contribution in [2.24, 2.45) is 0 Å². The van der Waals surface area contributed by atoms with Crippen LogP contribution in [0.25, 0.3) is 0 Å². The lowest BCUT2D eigenvalue weighted by Crippen LogP contribution is -2.51. The van der Waals surface area contributed by atoms with Crippen LogP contribution in [0.5, 0.6) is 0 Å². The van der Waals surface area contributed by atoms with Crippen LogP contribution in [0.4, 0.5) is 0 Å². The van der Waals surface area contributed by atoms with E-state index in [0.717, 1.165) is 16.8 Å². The van der Waals surface area contributed by atoms with Crippen LogP contribution in [0.3, 0.4) is 0 Å². The maximum atomic E-state index is 12.2. The van der Waals surface area contributed by atoms with Gasteiger partial charge in [0.25, 0.3) is 13.1 Å². The Balaban J connectivity index is 2.45. The first-order valence-electron chi connectivity index (χ1n) is 8.32. The molecule has 0 saturated carbocycles. The van der Waals surface area contributed by atoms with Gasteiger partial charge in [0.15, 0.2) is 12.3 Å². The minimum Gasteiger partial charge on any atom is -0.460 e. The molecule has 1 fully saturated rings. The molecule has 1 aromatic heterocycles. The number of esters is 2. The predicted octanol–water partition coefficient (Wildman–Crippen LogP) is 1.77. The van der Waals surface area contributed by atoms with Crippen LogP contribution in [-0.4, -0.2) is 58.6 Å². The number of aromatic amines is 1. The first-order chi connectivity index (χ1) is 14.1. The monoisotopic (exact) mass is 560 g/mol. The van der Waals surface area contributed by atoms with Crippen LogP contribution in [0.2, 0.25) is 0 Å². The van der Waals surface area contributed by atoms with Crippen LogP contribution in [0.1, 0.15) is 19.6 Å². The van der Waals surface area contributed by atoms with Crippen LogP contribution in [0.15, 0.2) is 21.9 Å². The highest BCUT2D eigenvalue weighted by atomic mass is 35.6. The minimum absolute atomic E-state index is 0.157. The summed E-state index contributed by atoms with van der Waals surface area (Å²) < 4.78 is 11.5. The molecule has 0 radical (unpaired) electrons. The van der Waals surface area contributed by atoms with Crippen LogP contribution < -0.4 is 11.2 Å². The highest BCUT2D eigenvalue weighted by molar-refractivity contribution is 6.76. The van der Waals surface area contributed by atoms with Gasteiger partial charge in [-0.25, -0.2) is 14.4 Å². The quantitative estimate of drug-likeness (QED) is 0.409. The second-order valence-electron chi connectivity index (χ2n) is 6.31. The molecule has 2 heterocycles. The smallest absolute Gasteiger partial charge is 0.359 e. The zero-order chi connectivity index (χ0) is 23.8. The standard InChI is InChI=1S/C15H14Cl6N2O8/c1-2-13(28)8(31-11(26)15(19,20)21)6(5-29-10(25)14(16,17)18)30-9(13)23-4-3-7(24)22-12(23)27/h3-4,6,8-9,28H,2,5H2,1H3,(H,22,24,27)/t6-,8-,9?,13?/m1/s1. The Morgan fingerprint density at radius 3 is 2.26 bits per heavy atom. The molecule has 1 aliphatic heterocycles. The number of ether oxygens (including phenoxy) is 3. The van der Waals surface area contributed by atoms with E-state index in [1.165, 1.54) is 6.92 Å². The minimum atomic E-state index is -2.51. The molecule has 31 heavy (non-hydrogen) atoms. The summed E-state index contributed by atoms with van der Waals surface area (Å²) in [4.78, 5) is 49.5. The average molecular weight is 563 g/mol. The molecular formula is C15H14Cl6N2O8. The van der Waals surface area contributed by atoms with E-state index in [1.807, 2.05) is 4.98 Å². The Labute approximate surface area is 204 Å². The number of nitrogens with one attached hydrogen (secondary N) is 1. The summed E-state index contributed by atoms with van der Waals surface area (Å²) >= 11 is 32.9. The number of hydrogen-bond acceptors (Lipinski definition) is 8. The lowest BCUT2D eigenvalue weighted by molar-refractivity contribution is -0.167. The topological polar surface area (TPSA) is 137 Å². The highest BCUT2D eigenvalue weighted by Crippen LogP contribution is 2.43. The summed E-state index contributed by atoms with van der Waals surface area (Å²) in [6, 6.07) is 0.999. The molecule has 4 atom stereocenters. The second-order valence-corrected chi connectivity index (χ2v) is 10.9. The molecular weight excluding hydrogens is 549 g/mol. The zero-order valence-corrected chi connectivity index (χ0v) is 19.9. The van der Waals surface area contributed by atoms with Gasteiger partial charge in [-0.05, 0) is 6.42 Å². The molecule has 174 valence electrons. The largest absolute Gasteiger partial charge is 0.460 e. The number of nitrogens with zero attached hydrogens (tertiary/aromatic N) is 1. The van der Waals surface area contributed by atoms with Crippen LogP contribution in [0, 0.1) is 0 Å². The van der Waals surface area contributed by atoms with Crippen LogP contribution >= 0.6 is 69.6 Å². The summed E-state index contributed by atoms with van der Waals surface area (Å²) in [7, 11) is 0. The Kier molecular flexibility index (Phi) is 8.25. The molecule has 1 aliphatic rings. The second kappa shape index (κ2) is 9.64. The fourth-order valence-electron chi connectivity index (χ4n) is 2.84. The molecule has 2 unspecified atom stereocenters. The van der Waals surface area contributed by atoms with Crippen molar-refractivity contribution in [1.29, 1.82) is 0 Å². The SMILES string of the molecule is CCC1(O)C(n2ccc(=O)[nH]c2=O)O[C@H](COC(=O)C(Cl)(Cl)Cl)[C@H]1OC(=O)C(Cl)(Cl)Cl. The third-order valence-corrected chi connectivity index (χ3v) is 5.23. The Morgan fingerprint density at radius 1 is 1.19 bits per heavy atom. The van der Waals surface area contributed by atoms with E-state index in [9.17, 15) is 24.3 Å². The highest BCUT2D eigenvalue weighted by Gasteiger charge is 2.59. The normalized spacial score (nSPS) is 26.5. The van der Waals surface area contributed by atoms with Crippen molar-refractivity contribution in [2.45, 2.75) is 45.0 Å². The van der Waals surface area contributed by atoms with E-state index in [4.69, 9.17) is 83.8 Å². The summed E-state index contributed by atoms with van der Waals surface area (Å²) in [6.45, 7) is 0.806. The first kappa shape index (κ1) is 26.5.